The Morgan fingerprint density at radius 2 is 1.82 bits per heavy atom. The van der Waals surface area contributed by atoms with Crippen molar-refractivity contribution in [1.29, 1.82) is 0 Å². The Morgan fingerprint density at radius 3 is 2.47 bits per heavy atom. The van der Waals surface area contributed by atoms with Gasteiger partial charge in [0.05, 0.1) is 0 Å². The highest BCUT2D eigenvalue weighted by atomic mass is 14.9. The predicted octanol–water partition coefficient (Wildman–Crippen LogP) is 3.79. The van der Waals surface area contributed by atoms with Crippen LogP contribution in [0.4, 0.5) is 0 Å². The van der Waals surface area contributed by atoms with Gasteiger partial charge in [-0.05, 0) is 44.2 Å². The van der Waals surface area contributed by atoms with Gasteiger partial charge in [-0.2, -0.15) is 0 Å². The van der Waals surface area contributed by atoms with Crippen LogP contribution in [0.25, 0.3) is 0 Å². The van der Waals surface area contributed by atoms with Gasteiger partial charge in [-0.15, -0.1) is 0 Å². The standard InChI is InChI=1S/C16H25N/c1-17-16(15-10-6-3-7-11-15)13-12-14-8-4-2-5-9-14/h2,4-5,8-9,15-17H,3,6-7,10-13H2,1H3. The fourth-order valence-electron chi connectivity index (χ4n) is 3.12. The van der Waals surface area contributed by atoms with Crippen molar-refractivity contribution in [2.45, 2.75) is 51.0 Å². The average molecular weight is 231 g/mol. The summed E-state index contributed by atoms with van der Waals surface area (Å²) in [5.41, 5.74) is 1.48. The lowest BCUT2D eigenvalue weighted by Gasteiger charge is -2.30. The quantitative estimate of drug-likeness (QED) is 0.813. The van der Waals surface area contributed by atoms with Gasteiger partial charge in [-0.1, -0.05) is 49.6 Å². The summed E-state index contributed by atoms with van der Waals surface area (Å²) >= 11 is 0. The van der Waals surface area contributed by atoms with Crippen molar-refractivity contribution < 1.29 is 0 Å². The van der Waals surface area contributed by atoms with E-state index in [9.17, 15) is 0 Å². The Balaban J connectivity index is 1.82. The van der Waals surface area contributed by atoms with Crippen LogP contribution in [-0.2, 0) is 6.42 Å². The van der Waals surface area contributed by atoms with Gasteiger partial charge >= 0.3 is 0 Å². The lowest BCUT2D eigenvalue weighted by molar-refractivity contribution is 0.268. The fraction of sp³-hybridized carbons (Fsp3) is 0.625. The van der Waals surface area contributed by atoms with Crippen LogP contribution in [0.5, 0.6) is 0 Å². The summed E-state index contributed by atoms with van der Waals surface area (Å²) in [5.74, 6) is 0.914. The van der Waals surface area contributed by atoms with Gasteiger partial charge in [-0.25, -0.2) is 0 Å². The zero-order valence-corrected chi connectivity index (χ0v) is 11.0. The summed E-state index contributed by atoms with van der Waals surface area (Å²) in [6.45, 7) is 0. The van der Waals surface area contributed by atoms with Gasteiger partial charge in [0, 0.05) is 6.04 Å². The smallest absolute Gasteiger partial charge is 0.00954 e. The van der Waals surface area contributed by atoms with Crippen LogP contribution in [0.2, 0.25) is 0 Å². The summed E-state index contributed by atoms with van der Waals surface area (Å²) in [6.07, 6.45) is 9.68. The van der Waals surface area contributed by atoms with E-state index in [-0.39, 0.29) is 0 Å². The van der Waals surface area contributed by atoms with Gasteiger partial charge in [0.15, 0.2) is 0 Å². The Bertz CT molecular complexity index is 301. The number of aryl methyl sites for hydroxylation is 1. The molecule has 94 valence electrons. The third kappa shape index (κ3) is 3.85. The molecule has 1 nitrogen and oxygen atoms in total. The second-order valence-electron chi connectivity index (χ2n) is 5.32. The lowest BCUT2D eigenvalue weighted by Crippen LogP contribution is -2.35. The highest BCUT2D eigenvalue weighted by Gasteiger charge is 2.21. The molecule has 1 fully saturated rings. The molecule has 1 atom stereocenters. The first-order valence-electron chi connectivity index (χ1n) is 7.11. The summed E-state index contributed by atoms with van der Waals surface area (Å²) in [7, 11) is 2.13. The maximum atomic E-state index is 3.54. The second-order valence-corrected chi connectivity index (χ2v) is 5.32. The Kier molecular flexibility index (Phi) is 5.06. The summed E-state index contributed by atoms with van der Waals surface area (Å²) in [4.78, 5) is 0. The Hall–Kier alpha value is -0.820. The van der Waals surface area contributed by atoms with Crippen LogP contribution in [0.1, 0.15) is 44.1 Å². The number of nitrogens with one attached hydrogen (secondary N) is 1. The molecular formula is C16H25N. The van der Waals surface area contributed by atoms with Gasteiger partial charge in [0.2, 0.25) is 0 Å². The first-order chi connectivity index (χ1) is 8.40. The van der Waals surface area contributed by atoms with Crippen molar-refractivity contribution in [1.82, 2.24) is 5.32 Å². The maximum Gasteiger partial charge on any atom is 0.00954 e. The molecule has 0 saturated heterocycles. The minimum atomic E-state index is 0.718. The molecule has 0 spiro atoms. The molecular weight excluding hydrogens is 206 g/mol. The predicted molar refractivity (Wildman–Crippen MR) is 74.2 cm³/mol. The summed E-state index contributed by atoms with van der Waals surface area (Å²) < 4.78 is 0. The zero-order chi connectivity index (χ0) is 11.9. The minimum Gasteiger partial charge on any atom is -0.317 e. The van der Waals surface area contributed by atoms with E-state index in [0.717, 1.165) is 12.0 Å². The molecule has 1 aromatic rings. The molecule has 1 aliphatic rings. The third-order valence-electron chi connectivity index (χ3n) is 4.18. The number of benzene rings is 1. The molecule has 1 saturated carbocycles. The number of hydrogen-bond acceptors (Lipinski definition) is 1. The molecule has 1 N–H and O–H groups in total. The van der Waals surface area contributed by atoms with Crippen LogP contribution >= 0.6 is 0 Å². The van der Waals surface area contributed by atoms with Crippen molar-refractivity contribution in [3.63, 3.8) is 0 Å². The molecule has 0 radical (unpaired) electrons. The van der Waals surface area contributed by atoms with E-state index in [0.29, 0.717) is 0 Å². The van der Waals surface area contributed by atoms with Gasteiger partial charge < -0.3 is 5.32 Å². The molecule has 1 aromatic carbocycles. The van der Waals surface area contributed by atoms with Crippen molar-refractivity contribution in [2.75, 3.05) is 7.05 Å². The van der Waals surface area contributed by atoms with Crippen LogP contribution < -0.4 is 5.32 Å². The molecule has 0 amide bonds. The Labute approximate surface area is 106 Å². The first kappa shape index (κ1) is 12.6. The molecule has 0 bridgehead atoms. The van der Waals surface area contributed by atoms with E-state index in [1.165, 1.54) is 50.5 Å². The molecule has 0 heterocycles. The second kappa shape index (κ2) is 6.80. The molecule has 1 heteroatoms. The van der Waals surface area contributed by atoms with E-state index in [2.05, 4.69) is 42.7 Å². The van der Waals surface area contributed by atoms with Crippen molar-refractivity contribution >= 4 is 0 Å². The number of hydrogen-bond donors (Lipinski definition) is 1. The van der Waals surface area contributed by atoms with Gasteiger partial charge in [0.25, 0.3) is 0 Å². The van der Waals surface area contributed by atoms with Crippen molar-refractivity contribution in [3.05, 3.63) is 35.9 Å². The molecule has 2 rings (SSSR count). The molecule has 17 heavy (non-hydrogen) atoms. The topological polar surface area (TPSA) is 12.0 Å². The van der Waals surface area contributed by atoms with Crippen molar-refractivity contribution in [2.24, 2.45) is 5.92 Å². The van der Waals surface area contributed by atoms with E-state index in [4.69, 9.17) is 0 Å². The summed E-state index contributed by atoms with van der Waals surface area (Å²) in [5, 5.41) is 3.54. The monoisotopic (exact) mass is 231 g/mol. The van der Waals surface area contributed by atoms with E-state index in [1.54, 1.807) is 0 Å². The van der Waals surface area contributed by atoms with Crippen molar-refractivity contribution in [3.8, 4) is 0 Å². The fourth-order valence-corrected chi connectivity index (χ4v) is 3.12. The highest BCUT2D eigenvalue weighted by Crippen LogP contribution is 2.28. The first-order valence-corrected chi connectivity index (χ1v) is 7.11. The van der Waals surface area contributed by atoms with E-state index >= 15 is 0 Å². The number of rotatable bonds is 5. The van der Waals surface area contributed by atoms with Gasteiger partial charge in [0.1, 0.15) is 0 Å². The molecule has 0 aromatic heterocycles. The van der Waals surface area contributed by atoms with Crippen LogP contribution in [0, 0.1) is 5.92 Å². The average Bonchev–Trinajstić information content (AvgIpc) is 2.42. The zero-order valence-electron chi connectivity index (χ0n) is 11.0. The SMILES string of the molecule is CNC(CCc1ccccc1)C1CCCCC1. The Morgan fingerprint density at radius 1 is 1.12 bits per heavy atom. The lowest BCUT2D eigenvalue weighted by atomic mass is 9.82. The van der Waals surface area contributed by atoms with Gasteiger partial charge in [-0.3, -0.25) is 0 Å². The van der Waals surface area contributed by atoms with Crippen LogP contribution in [0.3, 0.4) is 0 Å². The minimum absolute atomic E-state index is 0.718. The van der Waals surface area contributed by atoms with Crippen LogP contribution in [-0.4, -0.2) is 13.1 Å². The largest absolute Gasteiger partial charge is 0.317 e. The third-order valence-corrected chi connectivity index (χ3v) is 4.18. The molecule has 1 unspecified atom stereocenters. The maximum absolute atomic E-state index is 3.54. The molecule has 1 aliphatic carbocycles. The summed E-state index contributed by atoms with van der Waals surface area (Å²) in [6, 6.07) is 11.6. The normalized spacial score (nSPS) is 19.1. The van der Waals surface area contributed by atoms with E-state index < -0.39 is 0 Å². The van der Waals surface area contributed by atoms with Crippen LogP contribution in [0.15, 0.2) is 30.3 Å². The molecule has 0 aliphatic heterocycles. The van der Waals surface area contributed by atoms with E-state index in [1.807, 2.05) is 0 Å². The highest BCUT2D eigenvalue weighted by molar-refractivity contribution is 5.14.